The van der Waals surface area contributed by atoms with Gasteiger partial charge in [-0.1, -0.05) is 13.0 Å². The van der Waals surface area contributed by atoms with E-state index in [1.807, 2.05) is 0 Å². The van der Waals surface area contributed by atoms with Gasteiger partial charge in [-0.25, -0.2) is 0 Å². The summed E-state index contributed by atoms with van der Waals surface area (Å²) in [5.74, 6) is 0.919. The molecule has 90 valence electrons. The van der Waals surface area contributed by atoms with Crippen molar-refractivity contribution in [3.05, 3.63) is 22.4 Å². The minimum absolute atomic E-state index is 0.236. The van der Waals surface area contributed by atoms with E-state index in [1.165, 1.54) is 30.8 Å². The standard InChI is InChI=1S/C13H22N2S/c1-11-4-7-15(8-5-11)9-6-12(14)13-3-2-10-16-13/h2-3,10-12H,4-9,14H2,1H3. The van der Waals surface area contributed by atoms with E-state index in [9.17, 15) is 0 Å². The Hall–Kier alpha value is -0.380. The first kappa shape index (κ1) is 12.1. The van der Waals surface area contributed by atoms with Gasteiger partial charge in [0.1, 0.15) is 0 Å². The van der Waals surface area contributed by atoms with E-state index in [1.54, 1.807) is 11.3 Å². The fraction of sp³-hybridized carbons (Fsp3) is 0.692. The van der Waals surface area contributed by atoms with Crippen LogP contribution in [0.5, 0.6) is 0 Å². The van der Waals surface area contributed by atoms with E-state index in [0.29, 0.717) is 0 Å². The molecule has 1 atom stereocenters. The molecule has 2 N–H and O–H groups in total. The Bertz CT molecular complexity index is 289. The average molecular weight is 238 g/mol. The Labute approximate surface area is 102 Å². The van der Waals surface area contributed by atoms with Crippen molar-refractivity contribution in [1.29, 1.82) is 0 Å². The van der Waals surface area contributed by atoms with Crippen LogP contribution in [0.25, 0.3) is 0 Å². The second kappa shape index (κ2) is 5.80. The molecule has 2 rings (SSSR count). The summed E-state index contributed by atoms with van der Waals surface area (Å²) in [6.45, 7) is 6.04. The van der Waals surface area contributed by atoms with Gasteiger partial charge in [-0.15, -0.1) is 11.3 Å². The molecule has 0 amide bonds. The summed E-state index contributed by atoms with van der Waals surface area (Å²) >= 11 is 1.77. The van der Waals surface area contributed by atoms with Crippen molar-refractivity contribution in [1.82, 2.24) is 4.90 Å². The number of hydrogen-bond acceptors (Lipinski definition) is 3. The van der Waals surface area contributed by atoms with Gasteiger partial charge in [0.05, 0.1) is 0 Å². The van der Waals surface area contributed by atoms with E-state index in [-0.39, 0.29) is 6.04 Å². The first-order valence-electron chi connectivity index (χ1n) is 6.27. The molecule has 1 aromatic rings. The van der Waals surface area contributed by atoms with E-state index in [2.05, 4.69) is 29.3 Å². The predicted molar refractivity (Wildman–Crippen MR) is 70.7 cm³/mol. The van der Waals surface area contributed by atoms with Crippen LogP contribution < -0.4 is 5.73 Å². The van der Waals surface area contributed by atoms with Gasteiger partial charge in [0.2, 0.25) is 0 Å². The monoisotopic (exact) mass is 238 g/mol. The highest BCUT2D eigenvalue weighted by molar-refractivity contribution is 7.10. The van der Waals surface area contributed by atoms with Gasteiger partial charge in [0.25, 0.3) is 0 Å². The van der Waals surface area contributed by atoms with Crippen molar-refractivity contribution >= 4 is 11.3 Å². The van der Waals surface area contributed by atoms with Crippen LogP contribution in [-0.2, 0) is 0 Å². The molecule has 1 aliphatic heterocycles. The van der Waals surface area contributed by atoms with Crippen LogP contribution in [0.3, 0.4) is 0 Å². The number of nitrogens with two attached hydrogens (primary N) is 1. The van der Waals surface area contributed by atoms with Gasteiger partial charge in [-0.2, -0.15) is 0 Å². The third-order valence-corrected chi connectivity index (χ3v) is 4.55. The van der Waals surface area contributed by atoms with Crippen molar-refractivity contribution in [2.45, 2.75) is 32.2 Å². The van der Waals surface area contributed by atoms with Crippen LogP contribution in [0.15, 0.2) is 17.5 Å². The second-order valence-electron chi connectivity index (χ2n) is 4.93. The number of nitrogens with zero attached hydrogens (tertiary/aromatic N) is 1. The maximum absolute atomic E-state index is 6.17. The van der Waals surface area contributed by atoms with Crippen molar-refractivity contribution < 1.29 is 0 Å². The molecule has 0 aliphatic carbocycles. The fourth-order valence-corrected chi connectivity index (χ4v) is 3.02. The number of thiophene rings is 1. The van der Waals surface area contributed by atoms with Crippen LogP contribution >= 0.6 is 11.3 Å². The van der Waals surface area contributed by atoms with Crippen LogP contribution in [0.1, 0.15) is 37.1 Å². The van der Waals surface area contributed by atoms with Crippen LogP contribution in [-0.4, -0.2) is 24.5 Å². The van der Waals surface area contributed by atoms with Crippen LogP contribution in [0.4, 0.5) is 0 Å². The molecule has 0 bridgehead atoms. The highest BCUT2D eigenvalue weighted by Crippen LogP contribution is 2.21. The lowest BCUT2D eigenvalue weighted by atomic mass is 9.99. The topological polar surface area (TPSA) is 29.3 Å². The largest absolute Gasteiger partial charge is 0.323 e. The number of rotatable bonds is 4. The number of piperidine rings is 1. The number of likely N-dealkylation sites (tertiary alicyclic amines) is 1. The normalized spacial score (nSPS) is 21.1. The summed E-state index contributed by atoms with van der Waals surface area (Å²) in [6.07, 6.45) is 3.80. The molecule has 0 saturated carbocycles. The van der Waals surface area contributed by atoms with Crippen molar-refractivity contribution in [3.8, 4) is 0 Å². The lowest BCUT2D eigenvalue weighted by Crippen LogP contribution is -2.34. The highest BCUT2D eigenvalue weighted by Gasteiger charge is 2.16. The van der Waals surface area contributed by atoms with Gasteiger partial charge < -0.3 is 10.6 Å². The average Bonchev–Trinajstić information content (AvgIpc) is 2.81. The molecule has 1 aromatic heterocycles. The Balaban J connectivity index is 1.71. The lowest BCUT2D eigenvalue weighted by molar-refractivity contribution is 0.187. The second-order valence-corrected chi connectivity index (χ2v) is 5.91. The van der Waals surface area contributed by atoms with Gasteiger partial charge in [-0.05, 0) is 56.3 Å². The van der Waals surface area contributed by atoms with Gasteiger partial charge >= 0.3 is 0 Å². The minimum atomic E-state index is 0.236. The van der Waals surface area contributed by atoms with E-state index < -0.39 is 0 Å². The zero-order valence-corrected chi connectivity index (χ0v) is 10.9. The quantitative estimate of drug-likeness (QED) is 0.874. The van der Waals surface area contributed by atoms with Crippen LogP contribution in [0.2, 0.25) is 0 Å². The summed E-state index contributed by atoms with van der Waals surface area (Å²) in [5.41, 5.74) is 6.17. The smallest absolute Gasteiger partial charge is 0.0401 e. The Morgan fingerprint density at radius 1 is 1.50 bits per heavy atom. The van der Waals surface area contributed by atoms with Crippen molar-refractivity contribution in [2.24, 2.45) is 11.7 Å². The molecule has 0 radical (unpaired) electrons. The van der Waals surface area contributed by atoms with Gasteiger partial charge in [0.15, 0.2) is 0 Å². The highest BCUT2D eigenvalue weighted by atomic mass is 32.1. The van der Waals surface area contributed by atoms with Gasteiger partial charge in [-0.3, -0.25) is 0 Å². The number of hydrogen-bond donors (Lipinski definition) is 1. The molecular formula is C13H22N2S. The molecule has 0 spiro atoms. The third-order valence-electron chi connectivity index (χ3n) is 3.54. The SMILES string of the molecule is CC1CCN(CCC(N)c2cccs2)CC1. The molecule has 0 aromatic carbocycles. The first-order chi connectivity index (χ1) is 7.75. The molecular weight excluding hydrogens is 216 g/mol. The molecule has 1 unspecified atom stereocenters. The lowest BCUT2D eigenvalue weighted by Gasteiger charge is -2.30. The van der Waals surface area contributed by atoms with E-state index in [4.69, 9.17) is 5.73 Å². The first-order valence-corrected chi connectivity index (χ1v) is 7.15. The summed E-state index contributed by atoms with van der Waals surface area (Å²) in [5, 5.41) is 2.11. The van der Waals surface area contributed by atoms with E-state index in [0.717, 1.165) is 18.9 Å². The summed E-state index contributed by atoms with van der Waals surface area (Å²) in [7, 11) is 0. The zero-order valence-electron chi connectivity index (χ0n) is 10.1. The molecule has 1 aliphatic rings. The summed E-state index contributed by atoms with van der Waals surface area (Å²) in [6, 6.07) is 4.47. The third kappa shape index (κ3) is 3.30. The zero-order chi connectivity index (χ0) is 11.4. The van der Waals surface area contributed by atoms with Crippen molar-refractivity contribution in [3.63, 3.8) is 0 Å². The maximum Gasteiger partial charge on any atom is 0.0401 e. The maximum atomic E-state index is 6.17. The summed E-state index contributed by atoms with van der Waals surface area (Å²) in [4.78, 5) is 3.89. The molecule has 3 heteroatoms. The molecule has 2 heterocycles. The minimum Gasteiger partial charge on any atom is -0.323 e. The molecule has 1 fully saturated rings. The Kier molecular flexibility index (Phi) is 4.38. The Morgan fingerprint density at radius 3 is 2.88 bits per heavy atom. The Morgan fingerprint density at radius 2 is 2.25 bits per heavy atom. The molecule has 2 nitrogen and oxygen atoms in total. The van der Waals surface area contributed by atoms with Crippen LogP contribution in [0, 0.1) is 5.92 Å². The van der Waals surface area contributed by atoms with E-state index >= 15 is 0 Å². The van der Waals surface area contributed by atoms with Gasteiger partial charge in [0, 0.05) is 10.9 Å². The molecule has 16 heavy (non-hydrogen) atoms. The molecule has 1 saturated heterocycles. The van der Waals surface area contributed by atoms with Crippen molar-refractivity contribution in [2.75, 3.05) is 19.6 Å². The fourth-order valence-electron chi connectivity index (χ4n) is 2.25. The predicted octanol–water partition coefficient (Wildman–Crippen LogP) is 2.87. The summed E-state index contributed by atoms with van der Waals surface area (Å²) < 4.78 is 0.